The Balaban J connectivity index is 1.79. The summed E-state index contributed by atoms with van der Waals surface area (Å²) in [5.41, 5.74) is 3.97. The molecule has 3 aromatic rings. The van der Waals surface area contributed by atoms with Gasteiger partial charge in [0.15, 0.2) is 6.61 Å². The van der Waals surface area contributed by atoms with E-state index in [9.17, 15) is 9.90 Å². The van der Waals surface area contributed by atoms with Crippen LogP contribution in [0, 0.1) is 12.8 Å². The lowest BCUT2D eigenvalue weighted by molar-refractivity contribution is -0.139. The van der Waals surface area contributed by atoms with Crippen molar-refractivity contribution >= 4 is 5.97 Å². The number of hydrogen-bond acceptors (Lipinski definition) is 5. The first kappa shape index (κ1) is 26.1. The maximum absolute atomic E-state index is 11.5. The third-order valence-corrected chi connectivity index (χ3v) is 6.23. The largest absolute Gasteiger partial charge is 0.496 e. The zero-order valence-corrected chi connectivity index (χ0v) is 20.6. The number of aliphatic hydroxyl groups is 1. The molecule has 0 bridgehead atoms. The first-order valence-corrected chi connectivity index (χ1v) is 11.8. The fourth-order valence-corrected chi connectivity index (χ4v) is 4.30. The lowest BCUT2D eigenvalue weighted by atomic mass is 9.85. The van der Waals surface area contributed by atoms with Gasteiger partial charge in [-0.1, -0.05) is 42.5 Å². The number of carbonyl (C=O) groups is 1. The van der Waals surface area contributed by atoms with Crippen LogP contribution in [0.25, 0.3) is 0 Å². The maximum Gasteiger partial charge on any atom is 0.341 e. The zero-order valence-electron chi connectivity index (χ0n) is 20.6. The maximum atomic E-state index is 11.5. The monoisotopic (exact) mass is 478 g/mol. The lowest BCUT2D eigenvalue weighted by Gasteiger charge is -2.25. The summed E-state index contributed by atoms with van der Waals surface area (Å²) in [6.07, 6.45) is 2.65. The minimum Gasteiger partial charge on any atom is -0.496 e. The smallest absolute Gasteiger partial charge is 0.341 e. The highest BCUT2D eigenvalue weighted by molar-refractivity contribution is 5.68. The van der Waals surface area contributed by atoms with Crippen molar-refractivity contribution in [3.8, 4) is 17.2 Å². The fourth-order valence-electron chi connectivity index (χ4n) is 4.30. The Morgan fingerprint density at radius 1 is 0.914 bits per heavy atom. The van der Waals surface area contributed by atoms with E-state index in [0.717, 1.165) is 36.0 Å². The van der Waals surface area contributed by atoms with Gasteiger partial charge < -0.3 is 24.4 Å². The molecule has 186 valence electrons. The fraction of sp³-hybridized carbons (Fsp3) is 0.345. The van der Waals surface area contributed by atoms with Gasteiger partial charge in [-0.15, -0.1) is 0 Å². The van der Waals surface area contributed by atoms with Gasteiger partial charge in [0.2, 0.25) is 0 Å². The number of aryl methyl sites for hydroxylation is 1. The van der Waals surface area contributed by atoms with Gasteiger partial charge >= 0.3 is 5.97 Å². The van der Waals surface area contributed by atoms with Gasteiger partial charge in [0.05, 0.1) is 20.3 Å². The third-order valence-electron chi connectivity index (χ3n) is 6.23. The number of aliphatic carboxylic acids is 1. The Bertz CT molecular complexity index is 1050. The van der Waals surface area contributed by atoms with Gasteiger partial charge in [0.1, 0.15) is 17.2 Å². The highest BCUT2D eigenvalue weighted by atomic mass is 16.5. The topological polar surface area (TPSA) is 85.2 Å². The van der Waals surface area contributed by atoms with E-state index in [-0.39, 0.29) is 12.5 Å². The minimum absolute atomic E-state index is 0.0402. The molecular formula is C29H34O6. The highest BCUT2D eigenvalue weighted by Crippen LogP contribution is 2.36. The van der Waals surface area contributed by atoms with Crippen molar-refractivity contribution in [3.05, 3.63) is 89.0 Å². The van der Waals surface area contributed by atoms with Gasteiger partial charge in [-0.05, 0) is 79.5 Å². The molecule has 0 aliphatic carbocycles. The second-order valence-electron chi connectivity index (χ2n) is 8.66. The molecule has 2 atom stereocenters. The molecule has 6 nitrogen and oxygen atoms in total. The zero-order chi connectivity index (χ0) is 25.2. The van der Waals surface area contributed by atoms with Crippen molar-refractivity contribution in [1.82, 2.24) is 0 Å². The summed E-state index contributed by atoms with van der Waals surface area (Å²) in [5.74, 6) is 0.814. The van der Waals surface area contributed by atoms with E-state index in [4.69, 9.17) is 19.3 Å². The van der Waals surface area contributed by atoms with E-state index in [1.54, 1.807) is 26.4 Å². The predicted octanol–water partition coefficient (Wildman–Crippen LogP) is 5.39. The molecule has 0 radical (unpaired) electrons. The average Bonchev–Trinajstić information content (AvgIpc) is 2.88. The summed E-state index contributed by atoms with van der Waals surface area (Å²) in [4.78, 5) is 10.7. The number of carboxylic acids is 1. The molecule has 2 N–H and O–H groups in total. The number of benzene rings is 3. The van der Waals surface area contributed by atoms with Crippen LogP contribution < -0.4 is 14.2 Å². The number of rotatable bonds is 13. The summed E-state index contributed by atoms with van der Waals surface area (Å²) in [7, 11) is 3.23. The van der Waals surface area contributed by atoms with Crippen LogP contribution >= 0.6 is 0 Å². The summed E-state index contributed by atoms with van der Waals surface area (Å²) in [6.45, 7) is 1.55. The van der Waals surface area contributed by atoms with Gasteiger partial charge in [0.25, 0.3) is 0 Å². The second-order valence-corrected chi connectivity index (χ2v) is 8.66. The number of ether oxygens (including phenoxy) is 3. The van der Waals surface area contributed by atoms with Gasteiger partial charge in [-0.2, -0.15) is 0 Å². The summed E-state index contributed by atoms with van der Waals surface area (Å²) >= 11 is 0. The summed E-state index contributed by atoms with van der Waals surface area (Å²) in [6, 6.07) is 21.5. The van der Waals surface area contributed by atoms with E-state index in [1.165, 1.54) is 5.56 Å². The molecule has 0 amide bonds. The second kappa shape index (κ2) is 12.8. The molecule has 0 spiro atoms. The Morgan fingerprint density at radius 2 is 1.54 bits per heavy atom. The molecule has 0 aromatic heterocycles. The van der Waals surface area contributed by atoms with Crippen LogP contribution in [0.1, 0.15) is 41.2 Å². The van der Waals surface area contributed by atoms with Gasteiger partial charge in [0, 0.05) is 5.56 Å². The molecule has 0 unspecified atom stereocenters. The molecule has 35 heavy (non-hydrogen) atoms. The molecule has 3 rings (SSSR count). The van der Waals surface area contributed by atoms with Gasteiger partial charge in [-0.25, -0.2) is 4.79 Å². The highest BCUT2D eigenvalue weighted by Gasteiger charge is 2.24. The van der Waals surface area contributed by atoms with Crippen LogP contribution in [0.3, 0.4) is 0 Å². The Kier molecular flexibility index (Phi) is 9.56. The number of carboxylic acid groups (broad SMARTS) is 1. The quantitative estimate of drug-likeness (QED) is 0.343. The summed E-state index contributed by atoms with van der Waals surface area (Å²) < 4.78 is 16.3. The van der Waals surface area contributed by atoms with Crippen LogP contribution in [0.5, 0.6) is 17.2 Å². The molecule has 0 aliphatic heterocycles. The molecule has 3 aromatic carbocycles. The number of hydrogen-bond donors (Lipinski definition) is 2. The first-order chi connectivity index (χ1) is 16.9. The molecule has 0 aliphatic rings. The molecule has 0 saturated heterocycles. The van der Waals surface area contributed by atoms with Crippen molar-refractivity contribution < 1.29 is 29.2 Å². The van der Waals surface area contributed by atoms with Crippen molar-refractivity contribution in [2.45, 2.75) is 38.7 Å². The number of methoxy groups -OCH3 is 2. The van der Waals surface area contributed by atoms with E-state index in [0.29, 0.717) is 23.7 Å². The van der Waals surface area contributed by atoms with Crippen LogP contribution in [0.2, 0.25) is 0 Å². The van der Waals surface area contributed by atoms with E-state index < -0.39 is 12.1 Å². The Labute approximate surface area is 207 Å². The van der Waals surface area contributed by atoms with Crippen molar-refractivity contribution in [1.29, 1.82) is 0 Å². The van der Waals surface area contributed by atoms with Crippen molar-refractivity contribution in [2.75, 3.05) is 20.8 Å². The SMILES string of the molecule is COc1cc([C@@H](O)[C@H](CCCc2ccccc2)Cc2ccc(OCC(=O)O)cc2)cc(OC)c1C. The summed E-state index contributed by atoms with van der Waals surface area (Å²) in [5, 5.41) is 20.3. The van der Waals surface area contributed by atoms with Crippen molar-refractivity contribution in [3.63, 3.8) is 0 Å². The molecule has 0 fully saturated rings. The lowest BCUT2D eigenvalue weighted by Crippen LogP contribution is -2.17. The average molecular weight is 479 g/mol. The van der Waals surface area contributed by atoms with Crippen LogP contribution in [-0.2, 0) is 17.6 Å². The van der Waals surface area contributed by atoms with Crippen molar-refractivity contribution in [2.24, 2.45) is 5.92 Å². The van der Waals surface area contributed by atoms with E-state index in [1.807, 2.05) is 49.4 Å². The van der Waals surface area contributed by atoms with Crippen LogP contribution in [0.4, 0.5) is 0 Å². The predicted molar refractivity (Wildman–Crippen MR) is 135 cm³/mol. The standard InChI is InChI=1S/C29H34O6/c1-20-26(33-2)17-24(18-27(20)34-3)29(32)23(11-7-10-21-8-5-4-6-9-21)16-22-12-14-25(15-13-22)35-19-28(30)31/h4-6,8-9,12-15,17-18,23,29,32H,7,10-11,16,19H2,1-3H3,(H,30,31)/t23-,29+/m1/s1. The van der Waals surface area contributed by atoms with Crippen LogP contribution in [-0.4, -0.2) is 37.0 Å². The Hall–Kier alpha value is -3.51. The number of aliphatic hydroxyl groups excluding tert-OH is 1. The molecule has 0 saturated carbocycles. The van der Waals surface area contributed by atoms with E-state index in [2.05, 4.69) is 12.1 Å². The van der Waals surface area contributed by atoms with Crippen LogP contribution in [0.15, 0.2) is 66.7 Å². The van der Waals surface area contributed by atoms with Gasteiger partial charge in [-0.3, -0.25) is 0 Å². The molecular weight excluding hydrogens is 444 g/mol. The minimum atomic E-state index is -1.01. The molecule has 0 heterocycles. The molecule has 6 heteroatoms. The Morgan fingerprint density at radius 3 is 2.11 bits per heavy atom. The van der Waals surface area contributed by atoms with E-state index >= 15 is 0 Å². The first-order valence-electron chi connectivity index (χ1n) is 11.8. The third kappa shape index (κ3) is 7.49. The normalized spacial score (nSPS) is 12.6.